The monoisotopic (exact) mass is 416 g/mol. The van der Waals surface area contributed by atoms with Gasteiger partial charge in [0, 0.05) is 42.8 Å². The number of carbonyl (C=O) groups excluding carboxylic acids is 1. The fraction of sp³-hybridized carbons (Fsp3) is 0.333. The van der Waals surface area contributed by atoms with Gasteiger partial charge in [0.25, 0.3) is 5.91 Å². The molecule has 9 heteroatoms. The van der Waals surface area contributed by atoms with Gasteiger partial charge < -0.3 is 9.67 Å². The van der Waals surface area contributed by atoms with Crippen molar-refractivity contribution in [1.82, 2.24) is 19.9 Å². The van der Waals surface area contributed by atoms with Gasteiger partial charge in [0.1, 0.15) is 17.3 Å². The topological polar surface area (TPSA) is 90.6 Å². The largest absolute Gasteiger partial charge is 0.393 e. The summed E-state index contributed by atoms with van der Waals surface area (Å²) >= 11 is 0. The van der Waals surface area contributed by atoms with Crippen molar-refractivity contribution in [3.8, 4) is 0 Å². The van der Waals surface area contributed by atoms with Gasteiger partial charge in [-0.05, 0) is 30.5 Å². The Morgan fingerprint density at radius 1 is 1.17 bits per heavy atom. The van der Waals surface area contributed by atoms with Crippen LogP contribution in [0, 0.1) is 11.6 Å². The van der Waals surface area contributed by atoms with Crippen molar-refractivity contribution in [3.63, 3.8) is 0 Å². The molecule has 3 heterocycles. The predicted molar refractivity (Wildman–Crippen MR) is 105 cm³/mol. The van der Waals surface area contributed by atoms with Crippen LogP contribution in [0.2, 0.25) is 0 Å². The normalized spacial score (nSPS) is 15.6. The lowest BCUT2D eigenvalue weighted by molar-refractivity contribution is 0.0700. The lowest BCUT2D eigenvalue weighted by Crippen LogP contribution is -2.35. The molecule has 30 heavy (non-hydrogen) atoms. The highest BCUT2D eigenvalue weighted by Crippen LogP contribution is 2.26. The molecule has 3 aromatic rings. The molecule has 0 saturated carbocycles. The molecule has 1 aliphatic rings. The highest BCUT2D eigenvalue weighted by Gasteiger charge is 2.20. The summed E-state index contributed by atoms with van der Waals surface area (Å²) in [6, 6.07) is 5.06. The summed E-state index contributed by atoms with van der Waals surface area (Å²) in [4.78, 5) is 18.1. The number of benzene rings is 1. The van der Waals surface area contributed by atoms with Gasteiger partial charge in [-0.25, -0.2) is 19.2 Å². The van der Waals surface area contributed by atoms with Crippen molar-refractivity contribution in [2.75, 3.05) is 13.1 Å². The summed E-state index contributed by atoms with van der Waals surface area (Å²) in [5.74, 6) is -1.99. The van der Waals surface area contributed by atoms with Crippen LogP contribution in [0.25, 0.3) is 10.9 Å². The van der Waals surface area contributed by atoms with E-state index in [0.29, 0.717) is 30.5 Å². The standard InChI is InChI=1S/C21H22F2N4O3/c22-15-2-1-13(18(23)7-15)11-27-12-14(10-26-5-3-16(28)4-6-26)17-8-19(21(29)25-30)24-9-20(17)27/h1-2,7-9,12,16,28,30H,3-6,10-11H2,(H,25,29). The van der Waals surface area contributed by atoms with E-state index < -0.39 is 17.5 Å². The van der Waals surface area contributed by atoms with Crippen molar-refractivity contribution in [3.05, 3.63) is 65.1 Å². The fourth-order valence-electron chi connectivity index (χ4n) is 3.85. The van der Waals surface area contributed by atoms with Gasteiger partial charge in [-0.15, -0.1) is 0 Å². The highest BCUT2D eigenvalue weighted by molar-refractivity contribution is 5.96. The van der Waals surface area contributed by atoms with E-state index in [1.54, 1.807) is 11.5 Å². The van der Waals surface area contributed by atoms with Crippen molar-refractivity contribution in [1.29, 1.82) is 0 Å². The third-order valence-electron chi connectivity index (χ3n) is 5.49. The lowest BCUT2D eigenvalue weighted by Gasteiger charge is -2.29. The number of hydrogen-bond acceptors (Lipinski definition) is 5. The molecule has 1 amide bonds. The molecule has 1 saturated heterocycles. The molecule has 3 N–H and O–H groups in total. The van der Waals surface area contributed by atoms with Crippen LogP contribution < -0.4 is 5.48 Å². The van der Waals surface area contributed by atoms with Gasteiger partial charge in [0.05, 0.1) is 24.4 Å². The van der Waals surface area contributed by atoms with E-state index >= 15 is 0 Å². The summed E-state index contributed by atoms with van der Waals surface area (Å²) in [5.41, 5.74) is 3.58. The Morgan fingerprint density at radius 3 is 2.63 bits per heavy atom. The molecule has 0 aliphatic carbocycles. The summed E-state index contributed by atoms with van der Waals surface area (Å²) < 4.78 is 29.2. The minimum absolute atomic E-state index is 0.0611. The number of rotatable bonds is 5. The molecule has 1 aromatic carbocycles. The number of amides is 1. The zero-order valence-electron chi connectivity index (χ0n) is 16.2. The van der Waals surface area contributed by atoms with Crippen LogP contribution in [-0.4, -0.2) is 49.9 Å². The third kappa shape index (κ3) is 4.18. The smallest absolute Gasteiger partial charge is 0.293 e. The number of aromatic nitrogens is 2. The molecule has 0 unspecified atom stereocenters. The predicted octanol–water partition coefficient (Wildman–Crippen LogP) is 2.44. The average molecular weight is 416 g/mol. The van der Waals surface area contributed by atoms with Crippen molar-refractivity contribution < 1.29 is 23.9 Å². The number of hydroxylamine groups is 1. The molecule has 1 fully saturated rings. The number of carbonyl (C=O) groups is 1. The van der Waals surface area contributed by atoms with E-state index in [2.05, 4.69) is 9.88 Å². The number of likely N-dealkylation sites (tertiary alicyclic amines) is 1. The zero-order chi connectivity index (χ0) is 21.3. The number of nitrogens with zero attached hydrogens (tertiary/aromatic N) is 3. The van der Waals surface area contributed by atoms with Crippen LogP contribution in [0.5, 0.6) is 0 Å². The number of aliphatic hydroxyl groups excluding tert-OH is 1. The number of halogens is 2. The second-order valence-corrected chi connectivity index (χ2v) is 7.55. The fourth-order valence-corrected chi connectivity index (χ4v) is 3.85. The van der Waals surface area contributed by atoms with Gasteiger partial charge in [-0.2, -0.15) is 0 Å². The first-order chi connectivity index (χ1) is 14.4. The Kier molecular flexibility index (Phi) is 5.76. The second kappa shape index (κ2) is 8.47. The van der Waals surface area contributed by atoms with Crippen LogP contribution in [0.3, 0.4) is 0 Å². The van der Waals surface area contributed by atoms with Crippen molar-refractivity contribution in [2.24, 2.45) is 0 Å². The van der Waals surface area contributed by atoms with Gasteiger partial charge in [0.2, 0.25) is 0 Å². The molecule has 7 nitrogen and oxygen atoms in total. The first kappa shape index (κ1) is 20.4. The molecule has 0 radical (unpaired) electrons. The second-order valence-electron chi connectivity index (χ2n) is 7.55. The number of aliphatic hydroxyl groups is 1. The maximum atomic E-state index is 14.2. The Bertz CT molecular complexity index is 1080. The SMILES string of the molecule is O=C(NO)c1cc2c(CN3CCC(O)CC3)cn(Cc3ccc(F)cc3F)c2cn1. The maximum absolute atomic E-state index is 14.2. The molecule has 2 aromatic heterocycles. The van der Waals surface area contributed by atoms with Gasteiger partial charge in [-0.1, -0.05) is 6.07 Å². The van der Waals surface area contributed by atoms with E-state index in [4.69, 9.17) is 5.21 Å². The highest BCUT2D eigenvalue weighted by atomic mass is 19.1. The van der Waals surface area contributed by atoms with Crippen LogP contribution in [0.15, 0.2) is 36.7 Å². The Labute approximate surface area is 171 Å². The molecule has 158 valence electrons. The average Bonchev–Trinajstić information content (AvgIpc) is 3.07. The molecular formula is C21H22F2N4O3. The molecule has 0 spiro atoms. The zero-order valence-corrected chi connectivity index (χ0v) is 16.2. The van der Waals surface area contributed by atoms with Crippen LogP contribution in [0.4, 0.5) is 8.78 Å². The molecule has 0 bridgehead atoms. The lowest BCUT2D eigenvalue weighted by atomic mass is 10.1. The Hall–Kier alpha value is -2.88. The molecule has 4 rings (SSSR count). The Morgan fingerprint density at radius 2 is 1.93 bits per heavy atom. The van der Waals surface area contributed by atoms with E-state index in [1.807, 2.05) is 10.8 Å². The summed E-state index contributed by atoms with van der Waals surface area (Å²) in [7, 11) is 0. The van der Waals surface area contributed by atoms with Gasteiger partial charge in [0.15, 0.2) is 0 Å². The number of piperidine rings is 1. The molecule has 0 atom stereocenters. The van der Waals surface area contributed by atoms with E-state index in [0.717, 1.165) is 30.1 Å². The van der Waals surface area contributed by atoms with E-state index in [-0.39, 0.29) is 18.3 Å². The molecule has 1 aliphatic heterocycles. The van der Waals surface area contributed by atoms with Crippen molar-refractivity contribution >= 4 is 16.8 Å². The van der Waals surface area contributed by atoms with Crippen molar-refractivity contribution in [2.45, 2.75) is 32.0 Å². The van der Waals surface area contributed by atoms with Crippen LogP contribution in [-0.2, 0) is 13.1 Å². The summed E-state index contributed by atoms with van der Waals surface area (Å²) in [6.45, 7) is 2.26. The van der Waals surface area contributed by atoms with E-state index in [9.17, 15) is 18.7 Å². The number of hydrogen-bond donors (Lipinski definition) is 3. The maximum Gasteiger partial charge on any atom is 0.293 e. The minimum Gasteiger partial charge on any atom is -0.393 e. The Balaban J connectivity index is 1.71. The van der Waals surface area contributed by atoms with Crippen LogP contribution >= 0.6 is 0 Å². The first-order valence-corrected chi connectivity index (χ1v) is 9.71. The summed E-state index contributed by atoms with van der Waals surface area (Å²) in [5, 5.41) is 19.4. The van der Waals surface area contributed by atoms with Gasteiger partial charge in [-0.3, -0.25) is 14.9 Å². The number of pyridine rings is 1. The summed E-state index contributed by atoms with van der Waals surface area (Å²) in [6.07, 6.45) is 4.48. The van der Waals surface area contributed by atoms with E-state index in [1.165, 1.54) is 18.3 Å². The third-order valence-corrected chi connectivity index (χ3v) is 5.49. The number of fused-ring (bicyclic) bond motifs is 1. The minimum atomic E-state index is -0.721. The van der Waals surface area contributed by atoms with Crippen LogP contribution in [0.1, 0.15) is 34.5 Å². The quantitative estimate of drug-likeness (QED) is 0.439. The number of nitrogens with one attached hydrogen (secondary N) is 1. The molecular weight excluding hydrogens is 394 g/mol. The van der Waals surface area contributed by atoms with Gasteiger partial charge >= 0.3 is 0 Å². The first-order valence-electron chi connectivity index (χ1n) is 9.71.